The quantitative estimate of drug-likeness (QED) is 0.724. The third-order valence-electron chi connectivity index (χ3n) is 2.50. The van der Waals surface area contributed by atoms with E-state index in [1.54, 1.807) is 12.3 Å². The molecule has 1 heterocycles. The van der Waals surface area contributed by atoms with E-state index in [4.69, 9.17) is 10.8 Å². The molecule has 83 valence electrons. The summed E-state index contributed by atoms with van der Waals surface area (Å²) in [5.41, 5.74) is 7.01. The standard InChI is InChI=1S/C11H11N2O3/c12-9(11(15)16)3-6-5-13-10-2-1-7(14)4-8(6)10/h1-2,4-5,9,13H,3,12H2,(H,15,16)/t9-/m0/s1. The molecule has 0 fully saturated rings. The van der Waals surface area contributed by atoms with E-state index in [2.05, 4.69) is 4.98 Å². The van der Waals surface area contributed by atoms with Crippen molar-refractivity contribution in [1.29, 1.82) is 0 Å². The summed E-state index contributed by atoms with van der Waals surface area (Å²) in [6.45, 7) is 0. The average molecular weight is 219 g/mol. The van der Waals surface area contributed by atoms with E-state index in [-0.39, 0.29) is 12.2 Å². The van der Waals surface area contributed by atoms with Crippen LogP contribution in [0.2, 0.25) is 0 Å². The van der Waals surface area contributed by atoms with Gasteiger partial charge in [-0.1, -0.05) is 0 Å². The molecule has 0 amide bonds. The summed E-state index contributed by atoms with van der Waals surface area (Å²) >= 11 is 0. The predicted octanol–water partition coefficient (Wildman–Crippen LogP) is 1.27. The zero-order chi connectivity index (χ0) is 11.7. The molecule has 0 unspecified atom stereocenters. The van der Waals surface area contributed by atoms with Gasteiger partial charge in [0.25, 0.3) is 0 Å². The molecule has 1 atom stereocenters. The molecule has 0 aliphatic carbocycles. The number of nitrogens with two attached hydrogens (primary N) is 1. The third-order valence-corrected chi connectivity index (χ3v) is 2.50. The Labute approximate surface area is 91.5 Å². The fourth-order valence-electron chi connectivity index (χ4n) is 1.65. The first-order valence-electron chi connectivity index (χ1n) is 4.83. The van der Waals surface area contributed by atoms with Crippen LogP contribution >= 0.6 is 0 Å². The number of aliphatic carboxylic acids is 1. The number of carboxylic acids is 1. The van der Waals surface area contributed by atoms with Gasteiger partial charge in [-0.05, 0) is 23.8 Å². The number of rotatable bonds is 3. The van der Waals surface area contributed by atoms with Gasteiger partial charge in [-0.15, -0.1) is 0 Å². The second kappa shape index (κ2) is 3.86. The molecule has 2 aromatic rings. The molecular weight excluding hydrogens is 208 g/mol. The van der Waals surface area contributed by atoms with Crippen molar-refractivity contribution in [2.75, 3.05) is 0 Å². The lowest BCUT2D eigenvalue weighted by atomic mass is 10.1. The summed E-state index contributed by atoms with van der Waals surface area (Å²) < 4.78 is 0. The Kier molecular flexibility index (Phi) is 2.54. The molecule has 0 aliphatic rings. The lowest BCUT2D eigenvalue weighted by molar-refractivity contribution is -0.138. The maximum absolute atomic E-state index is 11.2. The van der Waals surface area contributed by atoms with Gasteiger partial charge in [0.1, 0.15) is 6.04 Å². The second-order valence-electron chi connectivity index (χ2n) is 3.67. The number of hydrogen-bond acceptors (Lipinski definition) is 2. The molecule has 0 saturated heterocycles. The van der Waals surface area contributed by atoms with Crippen molar-refractivity contribution in [2.24, 2.45) is 5.73 Å². The highest BCUT2D eigenvalue weighted by Crippen LogP contribution is 2.23. The van der Waals surface area contributed by atoms with E-state index in [0.717, 1.165) is 16.5 Å². The molecule has 5 heteroatoms. The highest BCUT2D eigenvalue weighted by Gasteiger charge is 2.15. The van der Waals surface area contributed by atoms with E-state index < -0.39 is 12.0 Å². The molecule has 16 heavy (non-hydrogen) atoms. The first kappa shape index (κ1) is 10.5. The Balaban J connectivity index is 2.37. The maximum Gasteiger partial charge on any atom is 0.320 e. The van der Waals surface area contributed by atoms with Crippen molar-refractivity contribution in [1.82, 2.24) is 4.98 Å². The minimum atomic E-state index is -1.05. The summed E-state index contributed by atoms with van der Waals surface area (Å²) in [6, 6.07) is 3.66. The van der Waals surface area contributed by atoms with E-state index >= 15 is 0 Å². The van der Waals surface area contributed by atoms with Gasteiger partial charge in [0.05, 0.1) is 0 Å². The second-order valence-corrected chi connectivity index (χ2v) is 3.67. The van der Waals surface area contributed by atoms with Crippen LogP contribution in [0, 0.1) is 0 Å². The van der Waals surface area contributed by atoms with Gasteiger partial charge in [0, 0.05) is 23.5 Å². The minimum Gasteiger partial charge on any atom is -0.480 e. The molecule has 5 nitrogen and oxygen atoms in total. The molecule has 1 aromatic heterocycles. The summed E-state index contributed by atoms with van der Waals surface area (Å²) in [6.07, 6.45) is 1.89. The van der Waals surface area contributed by atoms with Crippen LogP contribution in [-0.4, -0.2) is 22.1 Å². The molecule has 0 spiro atoms. The zero-order valence-electron chi connectivity index (χ0n) is 8.43. The lowest BCUT2D eigenvalue weighted by Crippen LogP contribution is -2.32. The van der Waals surface area contributed by atoms with E-state index in [0.29, 0.717) is 0 Å². The summed E-state index contributed by atoms with van der Waals surface area (Å²) in [7, 11) is 0. The van der Waals surface area contributed by atoms with Crippen molar-refractivity contribution in [2.45, 2.75) is 12.5 Å². The van der Waals surface area contributed by atoms with Gasteiger partial charge in [-0.25, -0.2) is 0 Å². The number of hydrogen-bond donors (Lipinski definition) is 3. The topological polar surface area (TPSA) is 99.0 Å². The Morgan fingerprint density at radius 2 is 2.25 bits per heavy atom. The Morgan fingerprint density at radius 3 is 2.94 bits per heavy atom. The Bertz CT molecular complexity index is 533. The highest BCUT2D eigenvalue weighted by atomic mass is 16.4. The summed E-state index contributed by atoms with van der Waals surface area (Å²) in [5.74, 6) is -1.15. The van der Waals surface area contributed by atoms with E-state index in [9.17, 15) is 9.90 Å². The smallest absolute Gasteiger partial charge is 0.320 e. The van der Waals surface area contributed by atoms with E-state index in [1.165, 1.54) is 12.1 Å². The molecule has 2 rings (SSSR count). The Hall–Kier alpha value is -2.01. The average Bonchev–Trinajstić information content (AvgIpc) is 2.61. The minimum absolute atomic E-state index is 0.0998. The molecular formula is C11H11N2O3. The van der Waals surface area contributed by atoms with E-state index in [1.807, 2.05) is 0 Å². The van der Waals surface area contributed by atoms with Crippen LogP contribution in [0.25, 0.3) is 10.9 Å². The molecule has 0 bridgehead atoms. The molecule has 1 aromatic carbocycles. The van der Waals surface area contributed by atoms with Crippen LogP contribution in [0.3, 0.4) is 0 Å². The van der Waals surface area contributed by atoms with Crippen LogP contribution in [0.4, 0.5) is 0 Å². The summed E-state index contributed by atoms with van der Waals surface area (Å²) in [5, 5.41) is 20.6. The fourth-order valence-corrected chi connectivity index (χ4v) is 1.65. The first-order chi connectivity index (χ1) is 7.58. The number of carbonyl (C=O) groups is 1. The number of carboxylic acid groups (broad SMARTS) is 1. The highest BCUT2D eigenvalue weighted by molar-refractivity contribution is 5.85. The van der Waals surface area contributed by atoms with Crippen molar-refractivity contribution >= 4 is 16.9 Å². The number of nitrogens with one attached hydrogen (secondary N) is 1. The van der Waals surface area contributed by atoms with Gasteiger partial charge in [-0.2, -0.15) is 0 Å². The number of aromatic amines is 1. The van der Waals surface area contributed by atoms with Crippen LogP contribution in [0.15, 0.2) is 24.4 Å². The third kappa shape index (κ3) is 1.85. The van der Waals surface area contributed by atoms with Gasteiger partial charge >= 0.3 is 5.97 Å². The van der Waals surface area contributed by atoms with Crippen LogP contribution < -0.4 is 5.73 Å². The normalized spacial score (nSPS) is 12.8. The molecule has 1 radical (unpaired) electrons. The van der Waals surface area contributed by atoms with Crippen molar-refractivity contribution in [3.63, 3.8) is 0 Å². The molecule has 0 aliphatic heterocycles. The lowest BCUT2D eigenvalue weighted by Gasteiger charge is -2.04. The summed E-state index contributed by atoms with van der Waals surface area (Å²) in [4.78, 5) is 13.6. The SMILES string of the molecule is N[C@@H](Cc1c[nH]c2ccc([O])cc12)C(=O)O. The van der Waals surface area contributed by atoms with Crippen LogP contribution in [0.5, 0.6) is 5.75 Å². The van der Waals surface area contributed by atoms with Crippen LogP contribution in [-0.2, 0) is 16.3 Å². The molecule has 4 N–H and O–H groups in total. The van der Waals surface area contributed by atoms with Gasteiger partial charge in [0.15, 0.2) is 5.75 Å². The maximum atomic E-state index is 11.2. The van der Waals surface area contributed by atoms with Crippen molar-refractivity contribution < 1.29 is 15.0 Å². The first-order valence-corrected chi connectivity index (χ1v) is 4.83. The largest absolute Gasteiger partial charge is 0.480 e. The van der Waals surface area contributed by atoms with Crippen LogP contribution in [0.1, 0.15) is 5.56 Å². The monoisotopic (exact) mass is 219 g/mol. The Morgan fingerprint density at radius 1 is 1.50 bits per heavy atom. The van der Waals surface area contributed by atoms with Gasteiger partial charge < -0.3 is 15.8 Å². The van der Waals surface area contributed by atoms with Crippen molar-refractivity contribution in [3.05, 3.63) is 30.0 Å². The zero-order valence-corrected chi connectivity index (χ0v) is 8.43. The number of benzene rings is 1. The number of aromatic nitrogens is 1. The van der Waals surface area contributed by atoms with Crippen molar-refractivity contribution in [3.8, 4) is 5.75 Å². The fraction of sp³-hybridized carbons (Fsp3) is 0.182. The number of fused-ring (bicyclic) bond motifs is 1. The number of H-pyrrole nitrogens is 1. The molecule has 0 saturated carbocycles. The predicted molar refractivity (Wildman–Crippen MR) is 57.7 cm³/mol. The van der Waals surface area contributed by atoms with Gasteiger partial charge in [-0.3, -0.25) is 9.90 Å². The van der Waals surface area contributed by atoms with Gasteiger partial charge in [0.2, 0.25) is 0 Å².